The van der Waals surface area contributed by atoms with Gasteiger partial charge in [-0.25, -0.2) is 8.78 Å². The fraction of sp³-hybridized carbons (Fsp3) is 0.263. The van der Waals surface area contributed by atoms with Crippen LogP contribution >= 0.6 is 22.9 Å². The minimum atomic E-state index is -0.677. The maximum Gasteiger partial charge on any atom is 0.222 e. The van der Waals surface area contributed by atoms with Gasteiger partial charge in [-0.15, -0.1) is 11.3 Å². The van der Waals surface area contributed by atoms with Gasteiger partial charge in [0.1, 0.15) is 11.6 Å². The molecule has 1 aliphatic rings. The van der Waals surface area contributed by atoms with Crippen LogP contribution in [0.2, 0.25) is 4.34 Å². The van der Waals surface area contributed by atoms with Crippen LogP contribution in [0.25, 0.3) is 21.5 Å². The van der Waals surface area contributed by atoms with Gasteiger partial charge in [0.05, 0.1) is 32.9 Å². The van der Waals surface area contributed by atoms with E-state index >= 15 is 0 Å². The summed E-state index contributed by atoms with van der Waals surface area (Å²) < 4.78 is 28.1. The van der Waals surface area contributed by atoms with Gasteiger partial charge in [-0.1, -0.05) is 11.6 Å². The summed E-state index contributed by atoms with van der Waals surface area (Å²) in [6.45, 7) is 0.429. The highest BCUT2D eigenvalue weighted by molar-refractivity contribution is 7.19. The van der Waals surface area contributed by atoms with E-state index in [0.29, 0.717) is 33.9 Å². The van der Waals surface area contributed by atoms with Crippen molar-refractivity contribution in [2.24, 2.45) is 5.73 Å². The molecule has 1 aromatic carbocycles. The van der Waals surface area contributed by atoms with Gasteiger partial charge >= 0.3 is 0 Å². The molecular formula is C19H18ClF2N3O3S. The maximum absolute atomic E-state index is 14.0. The number of fused-ring (bicyclic) bond motifs is 1. The van der Waals surface area contributed by atoms with Gasteiger partial charge in [0.25, 0.3) is 0 Å². The molecule has 2 aromatic heterocycles. The second kappa shape index (κ2) is 8.89. The molecule has 0 saturated carbocycles. The monoisotopic (exact) mass is 441 g/mol. The number of rotatable bonds is 4. The highest BCUT2D eigenvalue weighted by Gasteiger charge is 2.19. The molecule has 0 bridgehead atoms. The van der Waals surface area contributed by atoms with Crippen LogP contribution in [0.5, 0.6) is 0 Å². The molecular weight excluding hydrogens is 424 g/mol. The molecule has 0 aliphatic carbocycles. The third-order valence-electron chi connectivity index (χ3n) is 4.33. The number of amides is 2. The van der Waals surface area contributed by atoms with Crippen LogP contribution in [0.15, 0.2) is 24.3 Å². The fourth-order valence-corrected chi connectivity index (χ4v) is 4.10. The molecule has 4 rings (SSSR count). The molecule has 5 N–H and O–H groups in total. The Kier molecular flexibility index (Phi) is 6.51. The van der Waals surface area contributed by atoms with Crippen molar-refractivity contribution in [3.05, 3.63) is 45.8 Å². The zero-order valence-electron chi connectivity index (χ0n) is 15.1. The second-order valence-corrected chi connectivity index (χ2v) is 8.24. The molecule has 1 saturated heterocycles. The largest absolute Gasteiger partial charge is 0.391 e. The number of hydrogen-bond donors (Lipinski definition) is 4. The number of carbonyl (C=O) groups is 2. The predicted molar refractivity (Wildman–Crippen MR) is 108 cm³/mol. The van der Waals surface area contributed by atoms with Gasteiger partial charge in [0.15, 0.2) is 0 Å². The minimum absolute atomic E-state index is 0.0486. The molecule has 3 aromatic rings. The van der Waals surface area contributed by atoms with Crippen LogP contribution in [0.3, 0.4) is 0 Å². The molecule has 10 heteroatoms. The van der Waals surface area contributed by atoms with Crippen molar-refractivity contribution in [2.75, 3.05) is 6.54 Å². The normalized spacial score (nSPS) is 15.9. The zero-order valence-corrected chi connectivity index (χ0v) is 16.7. The van der Waals surface area contributed by atoms with E-state index in [2.05, 4.69) is 10.3 Å². The zero-order chi connectivity index (χ0) is 21.1. The molecule has 154 valence electrons. The number of aromatic amines is 1. The second-order valence-electron chi connectivity index (χ2n) is 6.52. The smallest absolute Gasteiger partial charge is 0.222 e. The third kappa shape index (κ3) is 5.11. The fourth-order valence-electron chi connectivity index (χ4n) is 3.03. The first-order valence-corrected chi connectivity index (χ1v) is 9.92. The number of primary amides is 1. The Morgan fingerprint density at radius 2 is 2.10 bits per heavy atom. The Labute approximate surface area is 173 Å². The Bertz CT molecular complexity index is 1070. The van der Waals surface area contributed by atoms with Gasteiger partial charge in [-0.3, -0.25) is 9.59 Å². The first-order chi connectivity index (χ1) is 13.7. The number of hydrogen-bond acceptors (Lipinski definition) is 4. The summed E-state index contributed by atoms with van der Waals surface area (Å²) in [5, 5.41) is 11.5. The number of aliphatic hydroxyl groups excluding tert-OH is 1. The van der Waals surface area contributed by atoms with Crippen LogP contribution in [0.1, 0.15) is 18.4 Å². The van der Waals surface area contributed by atoms with Crippen molar-refractivity contribution < 1.29 is 23.5 Å². The van der Waals surface area contributed by atoms with Crippen LogP contribution in [-0.4, -0.2) is 34.6 Å². The van der Waals surface area contributed by atoms with Crippen molar-refractivity contribution in [3.63, 3.8) is 0 Å². The highest BCUT2D eigenvalue weighted by atomic mass is 35.5. The van der Waals surface area contributed by atoms with Crippen molar-refractivity contribution in [2.45, 2.75) is 25.4 Å². The van der Waals surface area contributed by atoms with Crippen LogP contribution < -0.4 is 11.1 Å². The average molecular weight is 442 g/mol. The number of β-amino-alcohol motifs (C(OH)–C–C–N with tert-alkyl or cyclic N) is 1. The van der Waals surface area contributed by atoms with E-state index in [1.165, 1.54) is 17.4 Å². The van der Waals surface area contributed by atoms with Gasteiger partial charge in [-0.05, 0) is 30.2 Å². The standard InChI is InChI=1S/C15H11ClF2N2OS.C4H7NO2/c16-12-3-2-11(22-12)15-8(1-4-13(19)21)9-5-7(17)6-10(18)14(9)20-15;6-3-1-4(7)5-2-3/h2-3,5-6,20H,1,4H2,(H2,19,21);3,6H,1-2H2,(H,5,7)/t;3-/m.0/s1. The maximum atomic E-state index is 14.0. The number of carbonyl (C=O) groups excluding carboxylic acids is 2. The summed E-state index contributed by atoms with van der Waals surface area (Å²) in [4.78, 5) is 25.0. The number of thiophene rings is 1. The van der Waals surface area contributed by atoms with Crippen molar-refractivity contribution in [3.8, 4) is 10.6 Å². The molecule has 1 aliphatic heterocycles. The summed E-state index contributed by atoms with van der Waals surface area (Å²) in [6, 6.07) is 5.59. The van der Waals surface area contributed by atoms with E-state index in [-0.39, 0.29) is 24.3 Å². The molecule has 1 fully saturated rings. The summed E-state index contributed by atoms with van der Waals surface area (Å²) >= 11 is 7.26. The number of H-pyrrole nitrogens is 1. The molecule has 1 atom stereocenters. The summed E-state index contributed by atoms with van der Waals surface area (Å²) in [5.41, 5.74) is 6.69. The van der Waals surface area contributed by atoms with Crippen LogP contribution in [0, 0.1) is 11.6 Å². The number of benzene rings is 1. The van der Waals surface area contributed by atoms with Crippen LogP contribution in [0.4, 0.5) is 8.78 Å². The van der Waals surface area contributed by atoms with Gasteiger partial charge in [-0.2, -0.15) is 0 Å². The van der Waals surface area contributed by atoms with E-state index in [4.69, 9.17) is 22.4 Å². The topological polar surface area (TPSA) is 108 Å². The predicted octanol–water partition coefficient (Wildman–Crippen LogP) is 3.11. The number of aliphatic hydroxyl groups is 1. The first-order valence-electron chi connectivity index (χ1n) is 8.73. The minimum Gasteiger partial charge on any atom is -0.391 e. The molecule has 0 radical (unpaired) electrons. The van der Waals surface area contributed by atoms with Gasteiger partial charge in [0, 0.05) is 24.4 Å². The Morgan fingerprint density at radius 1 is 1.34 bits per heavy atom. The lowest BCUT2D eigenvalue weighted by molar-refractivity contribution is -0.119. The lowest BCUT2D eigenvalue weighted by Gasteiger charge is -2.02. The SMILES string of the molecule is NC(=O)CCc1c(-c2ccc(Cl)s2)[nH]c2c(F)cc(F)cc12.O=C1C[C@H](O)CN1. The first kappa shape index (κ1) is 21.2. The molecule has 6 nitrogen and oxygen atoms in total. The summed E-state index contributed by atoms with van der Waals surface area (Å²) in [5.74, 6) is -1.86. The van der Waals surface area contributed by atoms with E-state index in [1.807, 2.05) is 0 Å². The van der Waals surface area contributed by atoms with Crippen molar-refractivity contribution >= 4 is 45.7 Å². The third-order valence-corrected chi connectivity index (χ3v) is 5.58. The summed E-state index contributed by atoms with van der Waals surface area (Å²) in [6.07, 6.45) is 0.229. The Morgan fingerprint density at radius 3 is 2.62 bits per heavy atom. The molecule has 2 amide bonds. The molecule has 0 unspecified atom stereocenters. The highest BCUT2D eigenvalue weighted by Crippen LogP contribution is 2.37. The molecule has 29 heavy (non-hydrogen) atoms. The van der Waals surface area contributed by atoms with Gasteiger partial charge < -0.3 is 21.1 Å². The number of halogens is 3. The molecule has 0 spiro atoms. The van der Waals surface area contributed by atoms with Crippen molar-refractivity contribution in [1.82, 2.24) is 10.3 Å². The quantitative estimate of drug-likeness (QED) is 0.499. The van der Waals surface area contributed by atoms with Gasteiger partial charge in [0.2, 0.25) is 11.8 Å². The van der Waals surface area contributed by atoms with E-state index < -0.39 is 23.6 Å². The Hall–Kier alpha value is -2.49. The number of aryl methyl sites for hydroxylation is 1. The Balaban J connectivity index is 0.000000290. The lowest BCUT2D eigenvalue weighted by atomic mass is 10.0. The van der Waals surface area contributed by atoms with Crippen LogP contribution in [-0.2, 0) is 16.0 Å². The number of nitrogens with two attached hydrogens (primary N) is 1. The van der Waals surface area contributed by atoms with E-state index in [1.54, 1.807) is 12.1 Å². The average Bonchev–Trinajstić information content (AvgIpc) is 3.32. The van der Waals surface area contributed by atoms with E-state index in [9.17, 15) is 18.4 Å². The van der Waals surface area contributed by atoms with Crippen molar-refractivity contribution in [1.29, 1.82) is 0 Å². The summed E-state index contributed by atoms with van der Waals surface area (Å²) in [7, 11) is 0. The number of nitrogens with one attached hydrogen (secondary N) is 2. The number of aromatic nitrogens is 1. The molecule has 3 heterocycles. The van der Waals surface area contributed by atoms with E-state index in [0.717, 1.165) is 10.9 Å². The lowest BCUT2D eigenvalue weighted by Crippen LogP contribution is -2.14.